The number of hydrogen-bond donors (Lipinski definition) is 1. The quantitative estimate of drug-likeness (QED) is 0.710. The highest BCUT2D eigenvalue weighted by Crippen LogP contribution is 2.18. The molecule has 1 N–H and O–H groups in total. The van der Waals surface area contributed by atoms with E-state index in [2.05, 4.69) is 0 Å². The van der Waals surface area contributed by atoms with Crippen molar-refractivity contribution in [3.8, 4) is 0 Å². The molecule has 0 amide bonds. The lowest BCUT2D eigenvalue weighted by molar-refractivity contribution is 0.486. The molecule has 0 bridgehead atoms. The average molecular weight is 185 g/mol. The zero-order chi connectivity index (χ0) is 9.19. The molecule has 1 rings (SSSR count). The van der Waals surface area contributed by atoms with Crippen molar-refractivity contribution >= 4 is 10.1 Å². The van der Waals surface area contributed by atoms with E-state index >= 15 is 0 Å². The number of rotatable bonds is 2. The summed E-state index contributed by atoms with van der Waals surface area (Å²) < 4.78 is 30.0. The smallest absolute Gasteiger partial charge is 0.276 e. The monoisotopic (exact) mass is 185 g/mol. The standard InChI is InChI=1S/C8H9O3S/c1-7(12(9,10)11)8-5-3-2-4-6-8/h2-6H,1H3,(H,9,10,11). The van der Waals surface area contributed by atoms with Crippen LogP contribution < -0.4 is 0 Å². The van der Waals surface area contributed by atoms with Crippen LogP contribution in [0.4, 0.5) is 0 Å². The summed E-state index contributed by atoms with van der Waals surface area (Å²) in [5.74, 6) is 0. The van der Waals surface area contributed by atoms with Gasteiger partial charge in [-0.1, -0.05) is 30.3 Å². The second-order valence-corrected chi connectivity index (χ2v) is 3.96. The van der Waals surface area contributed by atoms with E-state index in [0.717, 1.165) is 0 Å². The van der Waals surface area contributed by atoms with Gasteiger partial charge in [-0.2, -0.15) is 8.42 Å². The summed E-state index contributed by atoms with van der Waals surface area (Å²) in [7, 11) is -4.04. The van der Waals surface area contributed by atoms with Gasteiger partial charge < -0.3 is 0 Å². The van der Waals surface area contributed by atoms with Crippen LogP contribution in [-0.2, 0) is 10.1 Å². The Bertz CT molecular complexity index is 342. The zero-order valence-electron chi connectivity index (χ0n) is 6.56. The summed E-state index contributed by atoms with van der Waals surface area (Å²) in [5, 5.41) is -0.0249. The van der Waals surface area contributed by atoms with Gasteiger partial charge in [0, 0.05) is 0 Å². The van der Waals surface area contributed by atoms with Crippen LogP contribution in [0, 0.1) is 5.25 Å². The fourth-order valence-corrected chi connectivity index (χ4v) is 1.26. The van der Waals surface area contributed by atoms with Crippen LogP contribution in [0.15, 0.2) is 30.3 Å². The van der Waals surface area contributed by atoms with Crippen molar-refractivity contribution in [1.29, 1.82) is 0 Å². The van der Waals surface area contributed by atoms with Gasteiger partial charge in [0.25, 0.3) is 10.1 Å². The Morgan fingerprint density at radius 2 is 1.75 bits per heavy atom. The van der Waals surface area contributed by atoms with Crippen LogP contribution in [0.25, 0.3) is 0 Å². The van der Waals surface area contributed by atoms with E-state index in [-0.39, 0.29) is 5.25 Å². The molecule has 65 valence electrons. The second-order valence-electron chi connectivity index (χ2n) is 2.40. The summed E-state index contributed by atoms with van der Waals surface area (Å²) in [6.45, 7) is 1.37. The fraction of sp³-hybridized carbons (Fsp3) is 0.125. The van der Waals surface area contributed by atoms with Gasteiger partial charge in [-0.3, -0.25) is 4.55 Å². The first-order valence-electron chi connectivity index (χ1n) is 3.38. The molecule has 0 fully saturated rings. The third-order valence-corrected chi connectivity index (χ3v) is 2.58. The summed E-state index contributed by atoms with van der Waals surface area (Å²) in [4.78, 5) is 0. The Morgan fingerprint density at radius 1 is 1.25 bits per heavy atom. The predicted molar refractivity (Wildman–Crippen MR) is 46.0 cm³/mol. The van der Waals surface area contributed by atoms with Crippen LogP contribution in [0.5, 0.6) is 0 Å². The van der Waals surface area contributed by atoms with E-state index in [1.54, 1.807) is 30.3 Å². The largest absolute Gasteiger partial charge is 0.285 e. The second kappa shape index (κ2) is 3.25. The lowest BCUT2D eigenvalue weighted by Gasteiger charge is -2.05. The molecule has 0 aromatic heterocycles. The molecule has 3 nitrogen and oxygen atoms in total. The van der Waals surface area contributed by atoms with Gasteiger partial charge in [-0.15, -0.1) is 0 Å². The molecule has 0 aliphatic carbocycles. The van der Waals surface area contributed by atoms with Gasteiger partial charge in [0.1, 0.15) is 5.25 Å². The molecule has 1 aromatic carbocycles. The van der Waals surface area contributed by atoms with Gasteiger partial charge in [-0.05, 0) is 12.5 Å². The third-order valence-electron chi connectivity index (χ3n) is 1.57. The van der Waals surface area contributed by atoms with Crippen LogP contribution in [-0.4, -0.2) is 13.0 Å². The lowest BCUT2D eigenvalue weighted by Crippen LogP contribution is -2.08. The Balaban J connectivity index is 3.02. The molecule has 0 heterocycles. The van der Waals surface area contributed by atoms with Gasteiger partial charge in [0.05, 0.1) is 0 Å². The van der Waals surface area contributed by atoms with Crippen molar-refractivity contribution in [3.05, 3.63) is 41.1 Å². The summed E-state index contributed by atoms with van der Waals surface area (Å²) in [6.07, 6.45) is 0. The van der Waals surface area contributed by atoms with Crippen LogP contribution >= 0.6 is 0 Å². The minimum absolute atomic E-state index is 0.0249. The highest BCUT2D eigenvalue weighted by atomic mass is 32.2. The molecule has 0 atom stereocenters. The average Bonchev–Trinajstić information content (AvgIpc) is 2.03. The first kappa shape index (κ1) is 9.22. The van der Waals surface area contributed by atoms with Crippen molar-refractivity contribution < 1.29 is 13.0 Å². The molecule has 4 heteroatoms. The normalized spacial score (nSPS) is 11.9. The van der Waals surface area contributed by atoms with Crippen molar-refractivity contribution in [2.24, 2.45) is 0 Å². The lowest BCUT2D eigenvalue weighted by atomic mass is 10.2. The number of hydrogen-bond acceptors (Lipinski definition) is 2. The first-order valence-corrected chi connectivity index (χ1v) is 4.82. The molecule has 1 radical (unpaired) electrons. The van der Waals surface area contributed by atoms with Crippen molar-refractivity contribution in [3.63, 3.8) is 0 Å². The summed E-state index contributed by atoms with van der Waals surface area (Å²) in [5.41, 5.74) is 0.514. The Hall–Kier alpha value is -0.870. The Kier molecular flexibility index (Phi) is 2.49. The minimum atomic E-state index is -4.04. The molecule has 0 spiro atoms. The molecule has 0 saturated heterocycles. The first-order chi connectivity index (χ1) is 5.52. The highest BCUT2D eigenvalue weighted by molar-refractivity contribution is 7.89. The third kappa shape index (κ3) is 2.06. The van der Waals surface area contributed by atoms with Crippen LogP contribution in [0.1, 0.15) is 12.5 Å². The van der Waals surface area contributed by atoms with Crippen LogP contribution in [0.3, 0.4) is 0 Å². The maximum atomic E-state index is 10.7. The predicted octanol–water partition coefficient (Wildman–Crippen LogP) is 1.47. The van der Waals surface area contributed by atoms with Gasteiger partial charge >= 0.3 is 0 Å². The van der Waals surface area contributed by atoms with E-state index < -0.39 is 10.1 Å². The molecule has 0 saturated carbocycles. The molecule has 0 aliphatic heterocycles. The molecule has 12 heavy (non-hydrogen) atoms. The fourth-order valence-electron chi connectivity index (χ4n) is 0.822. The molecule has 0 aliphatic rings. The molecular weight excluding hydrogens is 176 g/mol. The maximum Gasteiger partial charge on any atom is 0.276 e. The summed E-state index contributed by atoms with van der Waals surface area (Å²) in [6, 6.07) is 8.46. The molecular formula is C8H9O3S. The minimum Gasteiger partial charge on any atom is -0.285 e. The van der Waals surface area contributed by atoms with Gasteiger partial charge in [0.15, 0.2) is 0 Å². The van der Waals surface area contributed by atoms with Crippen molar-refractivity contribution in [1.82, 2.24) is 0 Å². The van der Waals surface area contributed by atoms with Crippen molar-refractivity contribution in [2.75, 3.05) is 0 Å². The zero-order valence-corrected chi connectivity index (χ0v) is 7.38. The number of benzene rings is 1. The molecule has 0 unspecified atom stereocenters. The molecule has 1 aromatic rings. The van der Waals surface area contributed by atoms with Gasteiger partial charge in [-0.25, -0.2) is 0 Å². The SMILES string of the molecule is C[C](c1ccccc1)S(=O)(=O)O. The Labute approximate surface area is 71.8 Å². The van der Waals surface area contributed by atoms with E-state index in [9.17, 15) is 8.42 Å². The summed E-state index contributed by atoms with van der Waals surface area (Å²) >= 11 is 0. The van der Waals surface area contributed by atoms with E-state index in [1.807, 2.05) is 0 Å². The van der Waals surface area contributed by atoms with Gasteiger partial charge in [0.2, 0.25) is 0 Å². The topological polar surface area (TPSA) is 54.4 Å². The Morgan fingerprint density at radius 3 is 2.17 bits per heavy atom. The maximum absolute atomic E-state index is 10.7. The highest BCUT2D eigenvalue weighted by Gasteiger charge is 2.19. The van der Waals surface area contributed by atoms with E-state index in [4.69, 9.17) is 4.55 Å². The van der Waals surface area contributed by atoms with Crippen LogP contribution in [0.2, 0.25) is 0 Å². The van der Waals surface area contributed by atoms with E-state index in [0.29, 0.717) is 5.56 Å². The van der Waals surface area contributed by atoms with E-state index in [1.165, 1.54) is 6.92 Å². The van der Waals surface area contributed by atoms with Crippen molar-refractivity contribution in [2.45, 2.75) is 6.92 Å².